The molecule has 0 aliphatic rings. The minimum atomic E-state index is -0.249. The molecule has 0 radical (unpaired) electrons. The van der Waals surface area contributed by atoms with Crippen LogP contribution in [0.25, 0.3) is 0 Å². The van der Waals surface area contributed by atoms with Gasteiger partial charge in [-0.05, 0) is 29.3 Å². The van der Waals surface area contributed by atoms with Crippen molar-refractivity contribution in [3.8, 4) is 0 Å². The second kappa shape index (κ2) is 4.49. The van der Waals surface area contributed by atoms with Gasteiger partial charge in [0.2, 0.25) is 0 Å². The van der Waals surface area contributed by atoms with E-state index in [0.29, 0.717) is 13.1 Å². The average molecular weight is 236 g/mol. The van der Waals surface area contributed by atoms with Gasteiger partial charge in [0.25, 0.3) is 5.56 Å². The van der Waals surface area contributed by atoms with Gasteiger partial charge in [0.05, 0.1) is 6.54 Å². The lowest BCUT2D eigenvalue weighted by molar-refractivity contribution is 0.600. The number of aromatic nitrogens is 2. The average Bonchev–Trinajstić information content (AvgIpc) is 2.77. The van der Waals surface area contributed by atoms with Crippen molar-refractivity contribution < 1.29 is 0 Å². The molecule has 0 atom stereocenters. The predicted molar refractivity (Wildman–Crippen MR) is 64.1 cm³/mol. The van der Waals surface area contributed by atoms with Crippen LogP contribution in [0.2, 0.25) is 0 Å². The quantitative estimate of drug-likeness (QED) is 0.802. The van der Waals surface area contributed by atoms with Crippen molar-refractivity contribution in [2.75, 3.05) is 0 Å². The van der Waals surface area contributed by atoms with Gasteiger partial charge >= 0.3 is 5.69 Å². The van der Waals surface area contributed by atoms with Gasteiger partial charge in [-0.2, -0.15) is 11.3 Å². The molecule has 0 amide bonds. The topological polar surface area (TPSA) is 44.0 Å². The predicted octanol–water partition coefficient (Wildman–Crippen LogP) is 1.14. The zero-order valence-corrected chi connectivity index (χ0v) is 9.74. The molecule has 4 nitrogen and oxygen atoms in total. The SMILES string of the molecule is CCn1ccc(=O)n(Cc2ccsc2)c1=O. The van der Waals surface area contributed by atoms with Crippen LogP contribution in [-0.4, -0.2) is 9.13 Å². The zero-order valence-electron chi connectivity index (χ0n) is 8.92. The third-order valence-corrected chi connectivity index (χ3v) is 3.13. The third-order valence-electron chi connectivity index (χ3n) is 2.40. The van der Waals surface area contributed by atoms with Crippen LogP contribution < -0.4 is 11.2 Å². The summed E-state index contributed by atoms with van der Waals surface area (Å²) in [6.45, 7) is 2.80. The van der Waals surface area contributed by atoms with Crippen molar-refractivity contribution in [3.63, 3.8) is 0 Å². The standard InChI is InChI=1S/C11H12N2O2S/c1-2-12-5-3-10(14)13(11(12)15)7-9-4-6-16-8-9/h3-6,8H,2,7H2,1H3. The smallest absolute Gasteiger partial charge is 0.301 e. The van der Waals surface area contributed by atoms with Gasteiger partial charge in [-0.15, -0.1) is 0 Å². The second-order valence-electron chi connectivity index (χ2n) is 3.44. The molecule has 0 N–H and O–H groups in total. The minimum absolute atomic E-state index is 0.249. The second-order valence-corrected chi connectivity index (χ2v) is 4.22. The first-order chi connectivity index (χ1) is 7.72. The molecule has 0 unspecified atom stereocenters. The largest absolute Gasteiger partial charge is 0.331 e. The Morgan fingerprint density at radius 3 is 2.75 bits per heavy atom. The lowest BCUT2D eigenvalue weighted by Gasteiger charge is -2.06. The Kier molecular flexibility index (Phi) is 3.05. The number of nitrogens with zero attached hydrogens (tertiary/aromatic N) is 2. The molecule has 0 aromatic carbocycles. The Morgan fingerprint density at radius 1 is 1.31 bits per heavy atom. The summed E-state index contributed by atoms with van der Waals surface area (Å²) >= 11 is 1.56. The molecule has 2 aromatic heterocycles. The van der Waals surface area contributed by atoms with E-state index < -0.39 is 0 Å². The summed E-state index contributed by atoms with van der Waals surface area (Å²) in [7, 11) is 0. The molecule has 0 saturated carbocycles. The van der Waals surface area contributed by atoms with E-state index in [1.807, 2.05) is 23.8 Å². The van der Waals surface area contributed by atoms with Crippen molar-refractivity contribution in [1.29, 1.82) is 0 Å². The highest BCUT2D eigenvalue weighted by Gasteiger charge is 2.04. The molecule has 2 rings (SSSR count). The highest BCUT2D eigenvalue weighted by atomic mass is 32.1. The van der Waals surface area contributed by atoms with Crippen molar-refractivity contribution in [2.24, 2.45) is 0 Å². The highest BCUT2D eigenvalue weighted by molar-refractivity contribution is 7.07. The van der Waals surface area contributed by atoms with Gasteiger partial charge < -0.3 is 4.57 Å². The molecule has 0 aliphatic heterocycles. The lowest BCUT2D eigenvalue weighted by Crippen LogP contribution is -2.38. The summed E-state index contributed by atoms with van der Waals surface area (Å²) in [6, 6.07) is 3.34. The van der Waals surface area contributed by atoms with Gasteiger partial charge in [0.1, 0.15) is 0 Å². The van der Waals surface area contributed by atoms with Crippen LogP contribution in [0.1, 0.15) is 12.5 Å². The zero-order chi connectivity index (χ0) is 11.5. The number of thiophene rings is 1. The molecule has 16 heavy (non-hydrogen) atoms. The summed E-state index contributed by atoms with van der Waals surface area (Å²) in [6.07, 6.45) is 1.54. The van der Waals surface area contributed by atoms with E-state index in [4.69, 9.17) is 0 Å². The number of rotatable bonds is 3. The lowest BCUT2D eigenvalue weighted by atomic mass is 10.3. The van der Waals surface area contributed by atoms with Crippen LogP contribution in [0.5, 0.6) is 0 Å². The van der Waals surface area contributed by atoms with E-state index >= 15 is 0 Å². The van der Waals surface area contributed by atoms with Crippen LogP contribution >= 0.6 is 11.3 Å². The van der Waals surface area contributed by atoms with Crippen LogP contribution in [0.4, 0.5) is 0 Å². The van der Waals surface area contributed by atoms with Crippen molar-refractivity contribution in [2.45, 2.75) is 20.0 Å². The number of hydrogen-bond acceptors (Lipinski definition) is 3. The Morgan fingerprint density at radius 2 is 2.12 bits per heavy atom. The van der Waals surface area contributed by atoms with E-state index in [-0.39, 0.29) is 11.2 Å². The molecule has 2 heterocycles. The van der Waals surface area contributed by atoms with E-state index in [9.17, 15) is 9.59 Å². The Bertz CT molecular complexity index is 581. The molecule has 0 spiro atoms. The maximum atomic E-state index is 11.9. The van der Waals surface area contributed by atoms with E-state index in [1.54, 1.807) is 11.3 Å². The van der Waals surface area contributed by atoms with Crippen LogP contribution in [0, 0.1) is 0 Å². The maximum Gasteiger partial charge on any atom is 0.331 e. The van der Waals surface area contributed by atoms with Crippen molar-refractivity contribution in [3.05, 3.63) is 55.5 Å². The fourth-order valence-electron chi connectivity index (χ4n) is 1.51. The van der Waals surface area contributed by atoms with E-state index in [1.165, 1.54) is 21.4 Å². The van der Waals surface area contributed by atoms with Crippen molar-refractivity contribution in [1.82, 2.24) is 9.13 Å². The van der Waals surface area contributed by atoms with Crippen LogP contribution in [0.15, 0.2) is 38.7 Å². The van der Waals surface area contributed by atoms with E-state index in [0.717, 1.165) is 5.56 Å². The Hall–Kier alpha value is -1.62. The molecule has 84 valence electrons. The fraction of sp³-hybridized carbons (Fsp3) is 0.273. The van der Waals surface area contributed by atoms with E-state index in [2.05, 4.69) is 0 Å². The molecular formula is C11H12N2O2S. The minimum Gasteiger partial charge on any atom is -0.301 e. The number of hydrogen-bond donors (Lipinski definition) is 0. The van der Waals surface area contributed by atoms with Crippen LogP contribution in [0.3, 0.4) is 0 Å². The number of aryl methyl sites for hydroxylation is 1. The summed E-state index contributed by atoms with van der Waals surface area (Å²) in [4.78, 5) is 23.5. The molecule has 0 aliphatic carbocycles. The maximum absolute atomic E-state index is 11.9. The van der Waals surface area contributed by atoms with Gasteiger partial charge in [-0.3, -0.25) is 9.36 Å². The Balaban J connectivity index is 2.48. The van der Waals surface area contributed by atoms with Gasteiger partial charge in [0, 0.05) is 18.8 Å². The molecular weight excluding hydrogens is 224 g/mol. The first-order valence-corrected chi connectivity index (χ1v) is 5.98. The van der Waals surface area contributed by atoms with Gasteiger partial charge in [-0.1, -0.05) is 0 Å². The van der Waals surface area contributed by atoms with Gasteiger partial charge in [0.15, 0.2) is 0 Å². The van der Waals surface area contributed by atoms with Crippen LogP contribution in [-0.2, 0) is 13.1 Å². The third kappa shape index (κ3) is 1.99. The summed E-state index contributed by atoms with van der Waals surface area (Å²) in [5, 5.41) is 3.87. The monoisotopic (exact) mass is 236 g/mol. The molecule has 2 aromatic rings. The first kappa shape index (κ1) is 10.9. The van der Waals surface area contributed by atoms with Crippen molar-refractivity contribution >= 4 is 11.3 Å². The molecule has 0 fully saturated rings. The summed E-state index contributed by atoms with van der Waals surface area (Å²) in [5.74, 6) is 0. The molecule has 5 heteroatoms. The Labute approximate surface area is 96.4 Å². The summed E-state index contributed by atoms with van der Waals surface area (Å²) in [5.41, 5.74) is 0.486. The molecule has 0 saturated heterocycles. The van der Waals surface area contributed by atoms with Gasteiger partial charge in [-0.25, -0.2) is 4.79 Å². The summed E-state index contributed by atoms with van der Waals surface area (Å²) < 4.78 is 2.78. The first-order valence-electron chi connectivity index (χ1n) is 5.03. The normalized spacial score (nSPS) is 10.6. The molecule has 0 bridgehead atoms. The highest BCUT2D eigenvalue weighted by Crippen LogP contribution is 2.05. The fourth-order valence-corrected chi connectivity index (χ4v) is 2.17.